The van der Waals surface area contributed by atoms with Gasteiger partial charge in [-0.3, -0.25) is 0 Å². The maximum Gasteiger partial charge on any atom is 0.365 e. The van der Waals surface area contributed by atoms with E-state index in [-0.39, 0.29) is 5.01 Å². The van der Waals surface area contributed by atoms with Crippen molar-refractivity contribution in [2.75, 3.05) is 0 Å². The van der Waals surface area contributed by atoms with Crippen LogP contribution in [0.25, 0.3) is 0 Å². The summed E-state index contributed by atoms with van der Waals surface area (Å²) in [5.74, 6) is -0.316. The summed E-state index contributed by atoms with van der Waals surface area (Å²) >= 11 is 8.53. The van der Waals surface area contributed by atoms with Crippen LogP contribution in [-0.2, 0) is 5.75 Å². The maximum absolute atomic E-state index is 10.7. The lowest BCUT2D eigenvalue weighted by atomic mass is 10.4. The van der Waals surface area contributed by atoms with Crippen LogP contribution in [-0.4, -0.2) is 16.1 Å². The Morgan fingerprint density at radius 2 is 2.12 bits per heavy atom. The van der Waals surface area contributed by atoms with Crippen LogP contribution in [0.5, 0.6) is 0 Å². The summed E-state index contributed by atoms with van der Waals surface area (Å²) in [7, 11) is 0. The Morgan fingerprint density at radius 3 is 2.71 bits per heavy atom. The number of aromatic nitrogens is 1. The topological polar surface area (TPSA) is 50.2 Å². The smallest absolute Gasteiger partial charge is 0.365 e. The van der Waals surface area contributed by atoms with Gasteiger partial charge in [-0.05, 0) is 24.3 Å². The van der Waals surface area contributed by atoms with Gasteiger partial charge in [0.15, 0.2) is 0 Å². The van der Waals surface area contributed by atoms with E-state index in [2.05, 4.69) is 4.98 Å². The molecule has 0 saturated heterocycles. The Kier molecular flexibility index (Phi) is 4.04. The number of aromatic carboxylic acids is 1. The number of hydrogen-bond acceptors (Lipinski definition) is 4. The number of thiazole rings is 1. The largest absolute Gasteiger partial charge is 0.476 e. The summed E-state index contributed by atoms with van der Waals surface area (Å²) in [6.07, 6.45) is 0. The molecule has 1 N–H and O–H groups in total. The molecule has 2 rings (SSSR count). The Morgan fingerprint density at radius 1 is 1.41 bits per heavy atom. The lowest BCUT2D eigenvalue weighted by Gasteiger charge is -1.98. The molecule has 1 aromatic heterocycles. The van der Waals surface area contributed by atoms with Crippen molar-refractivity contribution in [2.24, 2.45) is 0 Å². The molecule has 0 bridgehead atoms. The van der Waals surface area contributed by atoms with Crippen molar-refractivity contribution in [3.63, 3.8) is 0 Å². The molecule has 0 saturated carbocycles. The van der Waals surface area contributed by atoms with Gasteiger partial charge < -0.3 is 5.11 Å². The molecular formula is C11H8ClNO2S2. The summed E-state index contributed by atoms with van der Waals surface area (Å²) < 4.78 is 0. The van der Waals surface area contributed by atoms with Crippen LogP contribution >= 0.6 is 34.7 Å². The molecule has 1 aromatic carbocycles. The Bertz CT molecular complexity index is 525. The van der Waals surface area contributed by atoms with Crippen LogP contribution in [0.2, 0.25) is 5.02 Å². The first-order valence-corrected chi connectivity index (χ1v) is 6.95. The fourth-order valence-electron chi connectivity index (χ4n) is 1.16. The quantitative estimate of drug-likeness (QED) is 0.869. The van der Waals surface area contributed by atoms with Crippen molar-refractivity contribution in [1.82, 2.24) is 4.98 Å². The molecule has 2 aromatic rings. The molecular weight excluding hydrogens is 278 g/mol. The highest BCUT2D eigenvalue weighted by Crippen LogP contribution is 2.24. The summed E-state index contributed by atoms with van der Waals surface area (Å²) in [6.45, 7) is 0. The minimum absolute atomic E-state index is 0.136. The lowest BCUT2D eigenvalue weighted by molar-refractivity contribution is 0.0696. The van der Waals surface area contributed by atoms with Gasteiger partial charge in [-0.15, -0.1) is 23.1 Å². The normalized spacial score (nSPS) is 10.4. The second kappa shape index (κ2) is 5.53. The molecule has 0 amide bonds. The van der Waals surface area contributed by atoms with E-state index in [9.17, 15) is 4.79 Å². The molecule has 0 atom stereocenters. The molecule has 3 nitrogen and oxygen atoms in total. The fourth-order valence-corrected chi connectivity index (χ4v) is 2.84. The second-order valence-corrected chi connectivity index (χ2v) is 5.54. The zero-order valence-corrected chi connectivity index (χ0v) is 11.0. The van der Waals surface area contributed by atoms with Gasteiger partial charge in [0.2, 0.25) is 5.01 Å². The average molecular weight is 286 g/mol. The second-order valence-electron chi connectivity index (χ2n) is 3.19. The highest BCUT2D eigenvalue weighted by atomic mass is 35.5. The number of carboxylic acid groups (broad SMARTS) is 1. The Balaban J connectivity index is 1.97. The molecule has 0 aliphatic heterocycles. The van der Waals surface area contributed by atoms with Gasteiger partial charge >= 0.3 is 5.97 Å². The van der Waals surface area contributed by atoms with E-state index in [1.807, 2.05) is 24.3 Å². The van der Waals surface area contributed by atoms with E-state index >= 15 is 0 Å². The number of rotatable bonds is 4. The zero-order chi connectivity index (χ0) is 12.3. The summed E-state index contributed by atoms with van der Waals surface area (Å²) in [4.78, 5) is 15.7. The first kappa shape index (κ1) is 12.4. The summed E-state index contributed by atoms with van der Waals surface area (Å²) in [6, 6.07) is 7.51. The molecule has 88 valence electrons. The third kappa shape index (κ3) is 3.46. The number of carboxylic acids is 1. The van der Waals surface area contributed by atoms with Crippen LogP contribution < -0.4 is 0 Å². The molecule has 0 aliphatic rings. The first-order valence-electron chi connectivity index (χ1n) is 4.71. The number of halogens is 1. The molecule has 1 heterocycles. The first-order chi connectivity index (χ1) is 8.15. The van der Waals surface area contributed by atoms with Gasteiger partial charge in [0.25, 0.3) is 0 Å². The van der Waals surface area contributed by atoms with E-state index < -0.39 is 5.97 Å². The number of benzene rings is 1. The molecule has 6 heteroatoms. The van der Waals surface area contributed by atoms with Gasteiger partial charge in [-0.2, -0.15) is 0 Å². The van der Waals surface area contributed by atoms with E-state index in [1.165, 1.54) is 0 Å². The van der Waals surface area contributed by atoms with Crippen molar-refractivity contribution in [1.29, 1.82) is 0 Å². The van der Waals surface area contributed by atoms with Gasteiger partial charge in [0.05, 0.1) is 5.69 Å². The van der Waals surface area contributed by atoms with Crippen molar-refractivity contribution in [2.45, 2.75) is 10.6 Å². The molecule has 17 heavy (non-hydrogen) atoms. The predicted molar refractivity (Wildman–Crippen MR) is 70.1 cm³/mol. The van der Waals surface area contributed by atoms with Crippen molar-refractivity contribution < 1.29 is 9.90 Å². The van der Waals surface area contributed by atoms with Crippen LogP contribution in [0.15, 0.2) is 34.5 Å². The summed E-state index contributed by atoms with van der Waals surface area (Å²) in [5, 5.41) is 11.4. The van der Waals surface area contributed by atoms with Crippen molar-refractivity contribution in [3.05, 3.63) is 45.4 Å². The number of nitrogens with zero attached hydrogens (tertiary/aromatic N) is 1. The predicted octanol–water partition coefficient (Wildman–Crippen LogP) is 3.79. The van der Waals surface area contributed by atoms with Gasteiger partial charge in [0, 0.05) is 21.1 Å². The fraction of sp³-hybridized carbons (Fsp3) is 0.0909. The van der Waals surface area contributed by atoms with Gasteiger partial charge in [-0.1, -0.05) is 11.6 Å². The van der Waals surface area contributed by atoms with Crippen LogP contribution in [0.4, 0.5) is 0 Å². The van der Waals surface area contributed by atoms with Crippen molar-refractivity contribution in [3.8, 4) is 0 Å². The van der Waals surface area contributed by atoms with E-state index in [0.717, 1.165) is 21.9 Å². The lowest BCUT2D eigenvalue weighted by Crippen LogP contribution is -1.94. The minimum atomic E-state index is -0.974. The average Bonchev–Trinajstić information content (AvgIpc) is 2.77. The molecule has 0 aliphatic carbocycles. The van der Waals surface area contributed by atoms with Crippen molar-refractivity contribution >= 4 is 40.7 Å². The van der Waals surface area contributed by atoms with E-state index in [4.69, 9.17) is 16.7 Å². The van der Waals surface area contributed by atoms with Crippen LogP contribution in [0.3, 0.4) is 0 Å². The Labute approximate surface area is 111 Å². The highest BCUT2D eigenvalue weighted by Gasteiger charge is 2.08. The molecule has 0 unspecified atom stereocenters. The van der Waals surface area contributed by atoms with E-state index in [0.29, 0.717) is 10.8 Å². The van der Waals surface area contributed by atoms with Crippen LogP contribution in [0.1, 0.15) is 15.5 Å². The van der Waals surface area contributed by atoms with Gasteiger partial charge in [-0.25, -0.2) is 9.78 Å². The van der Waals surface area contributed by atoms with Crippen LogP contribution in [0, 0.1) is 0 Å². The SMILES string of the molecule is O=C(O)c1nc(CSc2ccc(Cl)cc2)cs1. The number of hydrogen-bond donors (Lipinski definition) is 1. The highest BCUT2D eigenvalue weighted by molar-refractivity contribution is 7.98. The number of carbonyl (C=O) groups is 1. The van der Waals surface area contributed by atoms with E-state index in [1.54, 1.807) is 17.1 Å². The summed E-state index contributed by atoms with van der Waals surface area (Å²) in [5.41, 5.74) is 0.785. The zero-order valence-electron chi connectivity index (χ0n) is 8.59. The third-order valence-electron chi connectivity index (χ3n) is 1.94. The maximum atomic E-state index is 10.7. The van der Waals surface area contributed by atoms with Gasteiger partial charge in [0.1, 0.15) is 0 Å². The standard InChI is InChI=1S/C11H8ClNO2S2/c12-7-1-3-9(4-2-7)16-5-8-6-17-10(13-8)11(14)15/h1-4,6H,5H2,(H,14,15). The molecule has 0 fully saturated rings. The number of thioether (sulfide) groups is 1. The monoisotopic (exact) mass is 285 g/mol. The Hall–Kier alpha value is -1.04. The molecule has 0 spiro atoms. The third-order valence-corrected chi connectivity index (χ3v) is 4.11. The molecule has 0 radical (unpaired) electrons. The minimum Gasteiger partial charge on any atom is -0.476 e.